The molecule has 0 radical (unpaired) electrons. The molecule has 0 aliphatic carbocycles. The Kier molecular flexibility index (Phi) is 4.03. The third-order valence-corrected chi connectivity index (χ3v) is 5.93. The van der Waals surface area contributed by atoms with E-state index in [2.05, 4.69) is 10.2 Å². The van der Waals surface area contributed by atoms with Crippen LogP contribution in [0.1, 0.15) is 27.6 Å². The van der Waals surface area contributed by atoms with Gasteiger partial charge in [0.05, 0.1) is 22.3 Å². The maximum atomic E-state index is 13.3. The van der Waals surface area contributed by atoms with Crippen LogP contribution in [-0.4, -0.2) is 31.4 Å². The lowest BCUT2D eigenvalue weighted by molar-refractivity contribution is 0.0926. The first-order chi connectivity index (χ1) is 16.1. The van der Waals surface area contributed by atoms with Crippen molar-refractivity contribution < 1.29 is 9.59 Å². The summed E-state index contributed by atoms with van der Waals surface area (Å²) in [5.41, 5.74) is 3.26. The fourth-order valence-electron chi connectivity index (χ4n) is 4.33. The Morgan fingerprint density at radius 2 is 1.36 bits per heavy atom. The molecule has 3 heterocycles. The number of imide groups is 1. The maximum absolute atomic E-state index is 13.3. The van der Waals surface area contributed by atoms with Crippen molar-refractivity contribution in [2.45, 2.75) is 13.5 Å². The topological polar surface area (TPSA) is 90.1 Å². The fraction of sp³-hybridized carbons (Fsp3) is 0.0800. The normalized spacial score (nSPS) is 13.3. The number of benzene rings is 3. The van der Waals surface area contributed by atoms with Gasteiger partial charge in [0.2, 0.25) is 0 Å². The summed E-state index contributed by atoms with van der Waals surface area (Å²) in [4.78, 5) is 41.7. The summed E-state index contributed by atoms with van der Waals surface area (Å²) >= 11 is 0. The van der Waals surface area contributed by atoms with Gasteiger partial charge in [0, 0.05) is 11.9 Å². The van der Waals surface area contributed by atoms with Crippen LogP contribution in [0.25, 0.3) is 27.6 Å². The van der Waals surface area contributed by atoms with Gasteiger partial charge in [-0.25, -0.2) is 4.90 Å². The van der Waals surface area contributed by atoms with Gasteiger partial charge in [0.1, 0.15) is 11.0 Å². The Balaban J connectivity index is 1.51. The van der Waals surface area contributed by atoms with E-state index in [4.69, 9.17) is 0 Å². The lowest BCUT2D eigenvalue weighted by Gasteiger charge is -2.17. The predicted molar refractivity (Wildman–Crippen MR) is 124 cm³/mol. The number of hydrogen-bond acceptors (Lipinski definition) is 5. The van der Waals surface area contributed by atoms with Crippen LogP contribution in [0.2, 0.25) is 0 Å². The zero-order valence-corrected chi connectivity index (χ0v) is 17.6. The highest BCUT2D eigenvalue weighted by molar-refractivity contribution is 6.34. The van der Waals surface area contributed by atoms with Crippen LogP contribution in [0.4, 0.5) is 5.69 Å². The highest BCUT2D eigenvalue weighted by Gasteiger charge is 2.36. The molecule has 0 saturated heterocycles. The number of carbonyl (C=O) groups is 2. The second kappa shape index (κ2) is 6.96. The highest BCUT2D eigenvalue weighted by Crippen LogP contribution is 2.30. The molecule has 0 atom stereocenters. The van der Waals surface area contributed by atoms with Gasteiger partial charge in [-0.15, -0.1) is 15.0 Å². The summed E-state index contributed by atoms with van der Waals surface area (Å²) in [5, 5.41) is 9.66. The molecule has 0 unspecified atom stereocenters. The molecule has 2 amide bonds. The van der Waals surface area contributed by atoms with E-state index in [0.717, 1.165) is 10.3 Å². The molecule has 8 heteroatoms. The average molecular weight is 435 g/mol. The van der Waals surface area contributed by atoms with Crippen LogP contribution in [0.3, 0.4) is 0 Å². The van der Waals surface area contributed by atoms with Crippen molar-refractivity contribution >= 4 is 39.4 Å². The molecule has 5 aromatic rings. The maximum Gasteiger partial charge on any atom is 0.278 e. The largest absolute Gasteiger partial charge is 0.307 e. The first kappa shape index (κ1) is 19.1. The van der Waals surface area contributed by atoms with Gasteiger partial charge >= 0.3 is 0 Å². The van der Waals surface area contributed by atoms with E-state index in [-0.39, 0.29) is 17.4 Å². The number of carbonyl (C=O) groups excluding carboxylic acids is 2. The van der Waals surface area contributed by atoms with Gasteiger partial charge in [-0.2, -0.15) is 0 Å². The molecule has 1 aliphatic rings. The summed E-state index contributed by atoms with van der Waals surface area (Å²) < 4.78 is 1.60. The molecule has 8 nitrogen and oxygen atoms in total. The smallest absolute Gasteiger partial charge is 0.278 e. The minimum atomic E-state index is -0.371. The standard InChI is InChI=1S/C25H17N5O3/c1-2-28-21-14-16(29-23(31)17-7-3-4-8-18(17)24(29)32)12-11-15(21)13-22(25(28)33)30-26-19-9-5-6-10-20(19)27-30/h3-14H,2H2,1H3. The Hall–Kier alpha value is -4.59. The third-order valence-electron chi connectivity index (χ3n) is 5.93. The van der Waals surface area contributed by atoms with E-state index >= 15 is 0 Å². The number of pyridine rings is 1. The number of aryl methyl sites for hydroxylation is 1. The van der Waals surface area contributed by atoms with Gasteiger partial charge in [-0.3, -0.25) is 14.4 Å². The Labute approximate surface area is 187 Å². The number of amides is 2. The quantitative estimate of drug-likeness (QED) is 0.404. The molecular formula is C25H17N5O3. The number of anilines is 1. The fourth-order valence-corrected chi connectivity index (χ4v) is 4.33. The van der Waals surface area contributed by atoms with Crippen LogP contribution in [0.5, 0.6) is 0 Å². The zero-order valence-electron chi connectivity index (χ0n) is 17.6. The van der Waals surface area contributed by atoms with Crippen molar-refractivity contribution in [2.24, 2.45) is 0 Å². The molecule has 0 bridgehead atoms. The van der Waals surface area contributed by atoms with Gasteiger partial charge in [-0.1, -0.05) is 30.3 Å². The number of nitrogens with zero attached hydrogens (tertiary/aromatic N) is 5. The molecule has 0 fully saturated rings. The van der Waals surface area contributed by atoms with E-state index in [1.165, 1.54) is 4.80 Å². The van der Waals surface area contributed by atoms with Gasteiger partial charge in [-0.05, 0) is 49.4 Å². The van der Waals surface area contributed by atoms with Crippen LogP contribution >= 0.6 is 0 Å². The summed E-state index contributed by atoms with van der Waals surface area (Å²) in [6.45, 7) is 2.27. The lowest BCUT2D eigenvalue weighted by Crippen LogP contribution is -2.30. The van der Waals surface area contributed by atoms with E-state index in [9.17, 15) is 14.4 Å². The van der Waals surface area contributed by atoms with Crippen molar-refractivity contribution in [1.82, 2.24) is 19.6 Å². The Morgan fingerprint density at radius 1 is 0.758 bits per heavy atom. The van der Waals surface area contributed by atoms with E-state index in [1.807, 2.05) is 31.2 Å². The zero-order chi connectivity index (χ0) is 22.7. The van der Waals surface area contributed by atoms with Crippen molar-refractivity contribution in [3.63, 3.8) is 0 Å². The monoisotopic (exact) mass is 435 g/mol. The van der Waals surface area contributed by atoms with E-state index in [0.29, 0.717) is 45.6 Å². The minimum Gasteiger partial charge on any atom is -0.307 e. The molecule has 1 aliphatic heterocycles. The second-order valence-corrected chi connectivity index (χ2v) is 7.79. The van der Waals surface area contributed by atoms with Crippen molar-refractivity contribution in [3.05, 3.63) is 94.3 Å². The van der Waals surface area contributed by atoms with E-state index < -0.39 is 0 Å². The molecule has 3 aromatic carbocycles. The first-order valence-electron chi connectivity index (χ1n) is 10.5. The SMILES string of the molecule is CCn1c(=O)c(-n2nc3ccccc3n2)cc2ccc(N3C(=O)c4ccccc4C3=O)cc21. The second-order valence-electron chi connectivity index (χ2n) is 7.79. The first-order valence-corrected chi connectivity index (χ1v) is 10.5. The van der Waals surface area contributed by atoms with Crippen molar-refractivity contribution in [2.75, 3.05) is 4.90 Å². The molecule has 0 spiro atoms. The molecule has 0 saturated carbocycles. The molecule has 6 rings (SSSR count). The molecule has 33 heavy (non-hydrogen) atoms. The minimum absolute atomic E-state index is 0.259. The number of hydrogen-bond donors (Lipinski definition) is 0. The van der Waals surface area contributed by atoms with E-state index in [1.54, 1.807) is 53.1 Å². The van der Waals surface area contributed by atoms with Crippen LogP contribution in [0.15, 0.2) is 77.6 Å². The Bertz CT molecular complexity index is 1610. The predicted octanol–water partition coefficient (Wildman–Crippen LogP) is 3.56. The van der Waals surface area contributed by atoms with Crippen LogP contribution < -0.4 is 10.5 Å². The Morgan fingerprint density at radius 3 is 1.97 bits per heavy atom. The molecular weight excluding hydrogens is 418 g/mol. The molecule has 2 aromatic heterocycles. The average Bonchev–Trinajstić information content (AvgIpc) is 3.37. The van der Waals surface area contributed by atoms with Gasteiger partial charge < -0.3 is 4.57 Å². The van der Waals surface area contributed by atoms with Gasteiger partial charge in [0.25, 0.3) is 17.4 Å². The van der Waals surface area contributed by atoms with Crippen LogP contribution in [-0.2, 0) is 6.54 Å². The summed E-state index contributed by atoms with van der Waals surface area (Å²) in [6, 6.07) is 21.1. The summed E-state index contributed by atoms with van der Waals surface area (Å²) in [7, 11) is 0. The number of aromatic nitrogens is 4. The summed E-state index contributed by atoms with van der Waals surface area (Å²) in [6.07, 6.45) is 0. The number of rotatable bonds is 3. The van der Waals surface area contributed by atoms with Crippen molar-refractivity contribution in [1.29, 1.82) is 0 Å². The highest BCUT2D eigenvalue weighted by atomic mass is 16.2. The number of fused-ring (bicyclic) bond motifs is 3. The van der Waals surface area contributed by atoms with Gasteiger partial charge in [0.15, 0.2) is 5.69 Å². The lowest BCUT2D eigenvalue weighted by atomic mass is 10.1. The van der Waals surface area contributed by atoms with Crippen LogP contribution in [0, 0.1) is 0 Å². The summed E-state index contributed by atoms with van der Waals surface area (Å²) in [5.74, 6) is -0.742. The molecule has 0 N–H and O–H groups in total. The van der Waals surface area contributed by atoms with Crippen molar-refractivity contribution in [3.8, 4) is 5.69 Å². The third kappa shape index (κ3) is 2.74. The molecule has 160 valence electrons.